The van der Waals surface area contributed by atoms with Crippen molar-refractivity contribution in [3.8, 4) is 66.8 Å². The van der Waals surface area contributed by atoms with E-state index in [1.165, 1.54) is 183 Å². The molecule has 3 aliphatic carbocycles. The van der Waals surface area contributed by atoms with Gasteiger partial charge in [0.2, 0.25) is 0 Å². The molecule has 540 valence electrons. The molecule has 0 fully saturated rings. The number of hydrogen-bond acceptors (Lipinski definition) is 5. The third kappa shape index (κ3) is 10.6. The first-order chi connectivity index (χ1) is 56.0. The predicted octanol–water partition coefficient (Wildman–Crippen LogP) is 31.4. The van der Waals surface area contributed by atoms with E-state index in [0.29, 0.717) is 0 Å². The van der Waals surface area contributed by atoms with Gasteiger partial charge in [-0.1, -0.05) is 319 Å². The first kappa shape index (κ1) is 67.9. The Bertz CT molecular complexity index is 7060. The van der Waals surface area contributed by atoms with Crippen molar-refractivity contribution < 1.29 is 0 Å². The van der Waals surface area contributed by atoms with Crippen LogP contribution in [0.3, 0.4) is 0 Å². The molecule has 114 heavy (non-hydrogen) atoms. The van der Waals surface area contributed by atoms with Gasteiger partial charge in [0, 0.05) is 117 Å². The third-order valence-corrected chi connectivity index (χ3v) is 28.4. The first-order valence-electron chi connectivity index (χ1n) is 39.5. The van der Waals surface area contributed by atoms with E-state index >= 15 is 0 Å². The van der Waals surface area contributed by atoms with Crippen LogP contribution < -0.4 is 9.80 Å². The molecule has 0 bridgehead atoms. The lowest BCUT2D eigenvalue weighted by Crippen LogP contribution is -2.28. The van der Waals surface area contributed by atoms with Gasteiger partial charge in [-0.15, -0.1) is 34.0 Å². The Morgan fingerprint density at radius 3 is 1.04 bits per heavy atom. The monoisotopic (exact) mass is 1510 g/mol. The van der Waals surface area contributed by atoms with Crippen LogP contribution in [-0.4, -0.2) is 0 Å². The summed E-state index contributed by atoms with van der Waals surface area (Å²) < 4.78 is 8.14. The van der Waals surface area contributed by atoms with Crippen LogP contribution in [0.15, 0.2) is 388 Å². The van der Waals surface area contributed by atoms with Crippen molar-refractivity contribution in [2.45, 2.75) is 43.9 Å². The molecule has 0 radical (unpaired) electrons. The second kappa shape index (κ2) is 26.6. The molecule has 0 saturated heterocycles. The van der Waals surface area contributed by atoms with Gasteiger partial charge in [-0.3, -0.25) is 0 Å². The topological polar surface area (TPSA) is 6.48 Å². The molecular formula is C109H76N2S3. The number of hydrogen-bond donors (Lipinski definition) is 0. The molecule has 17 aromatic carbocycles. The molecule has 23 rings (SSSR count). The zero-order valence-electron chi connectivity index (χ0n) is 63.6. The first-order valence-corrected chi connectivity index (χ1v) is 42.0. The van der Waals surface area contributed by atoms with E-state index in [9.17, 15) is 0 Å². The summed E-state index contributed by atoms with van der Waals surface area (Å²) in [4.78, 5) is 4.90. The molecule has 0 saturated carbocycles. The smallest absolute Gasteiger partial charge is 0.0714 e. The molecule has 0 aliphatic heterocycles. The van der Waals surface area contributed by atoms with Crippen LogP contribution in [0, 0.1) is 0 Å². The summed E-state index contributed by atoms with van der Waals surface area (Å²) in [6.07, 6.45) is 0. The Hall–Kier alpha value is -13.0. The zero-order valence-corrected chi connectivity index (χ0v) is 66.0. The number of thiophene rings is 3. The highest BCUT2D eigenvalue weighted by atomic mass is 32.1. The van der Waals surface area contributed by atoms with Crippen LogP contribution in [0.5, 0.6) is 0 Å². The Morgan fingerprint density at radius 1 is 0.219 bits per heavy atom. The van der Waals surface area contributed by atoms with Crippen LogP contribution in [0.25, 0.3) is 127 Å². The quantitative estimate of drug-likeness (QED) is 0.127. The molecule has 3 aromatic heterocycles. The average molecular weight is 1510 g/mol. The van der Waals surface area contributed by atoms with Gasteiger partial charge in [0.25, 0.3) is 0 Å². The maximum atomic E-state index is 2.48. The molecule has 0 unspecified atom stereocenters. The van der Waals surface area contributed by atoms with Crippen molar-refractivity contribution >= 4 is 129 Å². The van der Waals surface area contributed by atoms with Crippen molar-refractivity contribution in [1.82, 2.24) is 0 Å². The van der Waals surface area contributed by atoms with E-state index in [1.807, 2.05) is 34.0 Å². The van der Waals surface area contributed by atoms with Crippen LogP contribution in [0.2, 0.25) is 0 Å². The molecular weight excluding hydrogens is 1430 g/mol. The molecule has 3 aliphatic rings. The third-order valence-electron chi connectivity index (χ3n) is 24.8. The summed E-state index contributed by atoms with van der Waals surface area (Å²) in [7, 11) is 0. The highest BCUT2D eigenvalue weighted by Gasteiger charge is 2.48. The second-order valence-electron chi connectivity index (χ2n) is 31.7. The summed E-state index contributed by atoms with van der Waals surface area (Å²) in [6, 6.07) is 144. The standard InChI is InChI=1S/C55H37NS.C54H39NS2/c1-5-15-38(16-6-1)40-25-29-44(30-26-40)56(45-31-27-41(28-32-45)39-17-7-2-8-18-39)46-33-34-49-51(37-46)55(42-19-9-3-10-20-42,43-21-11-4-12-22-43)50-36-35-48-47-23-13-14-24-52(47)57-54(48)53(49)50;1-53(2)43-28-26-40-38-14-8-10-16-46(38)57-52(40)49(43)41-25-23-36(31-45(41)53)55(34-20-18-33(19-21-34)32-12-6-5-7-13-32)35-22-24-37-39-27-29-48-50(42-15-9-11-17-47(42)56-48)51(39)54(3,4)44(37)30-35/h1-37H;5-31H,1-4H3. The Labute approximate surface area is 676 Å². The van der Waals surface area contributed by atoms with Gasteiger partial charge in [0.05, 0.1) is 5.41 Å². The lowest BCUT2D eigenvalue weighted by Gasteiger charge is -2.35. The van der Waals surface area contributed by atoms with Gasteiger partial charge in [-0.2, -0.15) is 0 Å². The fourth-order valence-electron chi connectivity index (χ4n) is 19.5. The highest BCUT2D eigenvalue weighted by Crippen LogP contribution is 2.62. The number of fused-ring (bicyclic) bond motifs is 21. The van der Waals surface area contributed by atoms with Crippen LogP contribution in [0.4, 0.5) is 34.1 Å². The molecule has 3 heterocycles. The van der Waals surface area contributed by atoms with Crippen LogP contribution >= 0.6 is 34.0 Å². The van der Waals surface area contributed by atoms with E-state index in [1.54, 1.807) is 0 Å². The van der Waals surface area contributed by atoms with E-state index in [2.05, 4.69) is 426 Å². The van der Waals surface area contributed by atoms with Gasteiger partial charge in [-0.25, -0.2) is 0 Å². The summed E-state index contributed by atoms with van der Waals surface area (Å²) in [5, 5.41) is 8.13. The summed E-state index contributed by atoms with van der Waals surface area (Å²) in [6.45, 7) is 9.67. The highest BCUT2D eigenvalue weighted by molar-refractivity contribution is 7.27. The fourth-order valence-corrected chi connectivity index (χ4v) is 23.1. The van der Waals surface area contributed by atoms with E-state index in [0.717, 1.165) is 22.7 Å². The molecule has 0 N–H and O–H groups in total. The van der Waals surface area contributed by atoms with Gasteiger partial charge >= 0.3 is 0 Å². The second-order valence-corrected chi connectivity index (χ2v) is 34.9. The van der Waals surface area contributed by atoms with Crippen molar-refractivity contribution in [2.75, 3.05) is 9.80 Å². The molecule has 0 amide bonds. The van der Waals surface area contributed by atoms with Crippen LogP contribution in [0.1, 0.15) is 72.2 Å². The number of rotatable bonds is 11. The number of anilines is 6. The normalized spacial score (nSPS) is 13.6. The largest absolute Gasteiger partial charge is 0.310 e. The van der Waals surface area contributed by atoms with E-state index in [4.69, 9.17) is 0 Å². The molecule has 0 spiro atoms. The maximum Gasteiger partial charge on any atom is 0.0714 e. The summed E-state index contributed by atoms with van der Waals surface area (Å²) in [5.74, 6) is 0. The molecule has 2 nitrogen and oxygen atoms in total. The Kier molecular flexibility index (Phi) is 15.8. The predicted molar refractivity (Wildman–Crippen MR) is 490 cm³/mol. The minimum Gasteiger partial charge on any atom is -0.310 e. The van der Waals surface area contributed by atoms with Gasteiger partial charge in [-0.05, 0) is 197 Å². The van der Waals surface area contributed by atoms with Crippen molar-refractivity contribution in [3.63, 3.8) is 0 Å². The zero-order chi connectivity index (χ0) is 76.0. The van der Waals surface area contributed by atoms with Crippen molar-refractivity contribution in [1.29, 1.82) is 0 Å². The number of benzene rings is 17. The Balaban J connectivity index is 0.000000139. The molecule has 20 aromatic rings. The van der Waals surface area contributed by atoms with Crippen LogP contribution in [-0.2, 0) is 16.2 Å². The molecule has 5 heteroatoms. The summed E-state index contributed by atoms with van der Waals surface area (Å²) >= 11 is 5.76. The SMILES string of the molecule is CC1(C)c2cc(N(c3ccc(-c4ccccc4)cc3)c3ccc4c(c3)C(C)(C)c3c-4ccc4sc5ccccc5c34)ccc2-c2c1ccc1c2sc2ccccc21.c1ccc(-c2ccc(N(c3ccc(-c4ccccc4)cc3)c3ccc4c(c3)C(c3ccccc3)(c3ccccc3)c3ccc5c(sc6ccccc65)c3-4)cc2)cc1. The minimum atomic E-state index is -0.534. The van der Waals surface area contributed by atoms with Gasteiger partial charge in [0.15, 0.2) is 0 Å². The van der Waals surface area contributed by atoms with E-state index in [-0.39, 0.29) is 10.8 Å². The molecule has 0 atom stereocenters. The van der Waals surface area contributed by atoms with Gasteiger partial charge < -0.3 is 9.80 Å². The summed E-state index contributed by atoms with van der Waals surface area (Å²) in [5.41, 5.74) is 32.1. The van der Waals surface area contributed by atoms with E-state index < -0.39 is 5.41 Å². The Morgan fingerprint density at radius 2 is 0.561 bits per heavy atom. The fraction of sp³-hybridized carbons (Fsp3) is 0.0642. The maximum absolute atomic E-state index is 2.48. The van der Waals surface area contributed by atoms with Crippen molar-refractivity contribution in [2.24, 2.45) is 0 Å². The van der Waals surface area contributed by atoms with Crippen molar-refractivity contribution in [3.05, 3.63) is 433 Å². The average Bonchev–Trinajstić information content (AvgIpc) is 1.54. The van der Waals surface area contributed by atoms with Gasteiger partial charge in [0.1, 0.15) is 0 Å². The minimum absolute atomic E-state index is 0.149. The number of nitrogens with zero attached hydrogens (tertiary/aromatic N) is 2. The lowest BCUT2D eigenvalue weighted by molar-refractivity contribution is 0.661. The lowest BCUT2D eigenvalue weighted by atomic mass is 9.67.